The van der Waals surface area contributed by atoms with E-state index >= 15 is 0 Å². The van der Waals surface area contributed by atoms with Gasteiger partial charge in [-0.05, 0) is 120 Å². The molecule has 67 heavy (non-hydrogen) atoms. The predicted octanol–water partition coefficient (Wildman–Crippen LogP) is 11.0. The normalized spacial score (nSPS) is 17.9. The lowest BCUT2D eigenvalue weighted by Gasteiger charge is -2.25. The van der Waals surface area contributed by atoms with E-state index in [4.69, 9.17) is 27.8 Å². The molecule has 0 spiro atoms. The number of aromatic nitrogens is 2. The molecule has 4 aromatic carbocycles. The summed E-state index contributed by atoms with van der Waals surface area (Å²) in [7, 11) is 0. The second-order valence-corrected chi connectivity index (χ2v) is 17.9. The van der Waals surface area contributed by atoms with E-state index in [9.17, 15) is 19.5 Å². The van der Waals surface area contributed by atoms with Gasteiger partial charge in [-0.2, -0.15) is 0 Å². The number of carboxylic acids is 1. The summed E-state index contributed by atoms with van der Waals surface area (Å²) in [6.45, 7) is 13.0. The molecule has 1 amide bonds. The minimum atomic E-state index is -0.921. The molecule has 3 heterocycles. The van der Waals surface area contributed by atoms with Crippen molar-refractivity contribution in [1.82, 2.24) is 14.9 Å². The van der Waals surface area contributed by atoms with Crippen molar-refractivity contribution < 1.29 is 47.3 Å². The number of carboxylic acid groups (broad SMARTS) is 1. The van der Waals surface area contributed by atoms with Gasteiger partial charge < -0.3 is 37.8 Å². The van der Waals surface area contributed by atoms with Crippen molar-refractivity contribution in [3.8, 4) is 34.4 Å². The van der Waals surface area contributed by atoms with Crippen LogP contribution in [0.25, 0.3) is 22.9 Å². The van der Waals surface area contributed by atoms with Crippen LogP contribution in [0, 0.1) is 25.7 Å². The van der Waals surface area contributed by atoms with Crippen LogP contribution in [0.5, 0.6) is 11.5 Å². The molecular weight excluding hydrogens is 851 g/mol. The zero-order valence-electron chi connectivity index (χ0n) is 39.2. The Morgan fingerprint density at radius 2 is 1.16 bits per heavy atom. The third kappa shape index (κ3) is 12.7. The molecule has 13 heteroatoms. The molecule has 0 radical (unpaired) electrons. The molecule has 1 saturated carbocycles. The summed E-state index contributed by atoms with van der Waals surface area (Å²) in [6.07, 6.45) is 3.75. The molecule has 0 unspecified atom stereocenters. The van der Waals surface area contributed by atoms with Crippen molar-refractivity contribution in [2.45, 2.75) is 91.1 Å². The Bertz CT molecular complexity index is 2550. The van der Waals surface area contributed by atoms with Gasteiger partial charge in [0, 0.05) is 43.0 Å². The van der Waals surface area contributed by atoms with Gasteiger partial charge in [-0.1, -0.05) is 67.1 Å². The summed E-state index contributed by atoms with van der Waals surface area (Å²) in [6, 6.07) is 35.2. The van der Waals surface area contributed by atoms with Crippen LogP contribution in [0.2, 0.25) is 0 Å². The summed E-state index contributed by atoms with van der Waals surface area (Å²) in [4.78, 5) is 47.2. The number of esters is 1. The third-order valence-electron chi connectivity index (χ3n) is 12.0. The van der Waals surface area contributed by atoms with Crippen molar-refractivity contribution in [2.24, 2.45) is 11.8 Å². The molecule has 2 aromatic heterocycles. The van der Waals surface area contributed by atoms with Crippen molar-refractivity contribution in [1.29, 1.82) is 0 Å². The van der Waals surface area contributed by atoms with Gasteiger partial charge in [0.15, 0.2) is 0 Å². The molecule has 6 aromatic rings. The first kappa shape index (κ1) is 48.1. The highest BCUT2D eigenvalue weighted by molar-refractivity contribution is 5.76. The van der Waals surface area contributed by atoms with Crippen LogP contribution in [0.4, 0.5) is 4.79 Å². The van der Waals surface area contributed by atoms with E-state index in [1.54, 1.807) is 6.92 Å². The van der Waals surface area contributed by atoms with E-state index in [0.29, 0.717) is 50.1 Å². The number of rotatable bonds is 15. The number of amides is 1. The Labute approximate surface area is 392 Å². The fraction of sp³-hybridized carbons (Fsp3) is 0.389. The summed E-state index contributed by atoms with van der Waals surface area (Å²) >= 11 is 0. The Hall–Kier alpha value is -6.89. The van der Waals surface area contributed by atoms with E-state index in [0.717, 1.165) is 64.6 Å². The predicted molar refractivity (Wildman–Crippen MR) is 253 cm³/mol. The lowest BCUT2D eigenvalue weighted by Crippen LogP contribution is -2.30. The minimum Gasteiger partial charge on any atom is -0.493 e. The average molecular weight is 912 g/mol. The summed E-state index contributed by atoms with van der Waals surface area (Å²) in [5.41, 5.74) is 5.25. The maximum atomic E-state index is 12.6. The highest BCUT2D eigenvalue weighted by atomic mass is 16.6. The number of ether oxygens (including phenoxy) is 4. The standard InChI is InChI=1S/C28H33NO4.C26H28N2O6/c1-19-25(29-26(32-19)21-9-6-5-7-10-21)17-18-31-22-15-13-20(14-16-22)23-11-8-12-24(23)27(30)33-28(2,3)4;1-3-32-26(31)28-15-21(22(16-28)25(29)30)18-9-11-20(12-10-18)33-14-13-23-17(2)34-24(27-23)19-7-5-4-6-8-19/h5-7,9-10,13-16,23-24H,8,11-12,17-18H2,1-4H3;4-12,21-22H,3,13-16H2,1-2H3,(H,29,30)/t23-,24+;21-,22+/m11/s1. The number of aliphatic carboxylic acids is 1. The summed E-state index contributed by atoms with van der Waals surface area (Å²) in [5, 5.41) is 9.63. The fourth-order valence-corrected chi connectivity index (χ4v) is 8.66. The van der Waals surface area contributed by atoms with Gasteiger partial charge in [-0.15, -0.1) is 0 Å². The molecule has 13 nitrogen and oxygen atoms in total. The number of nitrogens with zero attached hydrogens (tertiary/aromatic N) is 3. The summed E-state index contributed by atoms with van der Waals surface area (Å²) < 4.78 is 34.2. The van der Waals surface area contributed by atoms with Crippen LogP contribution >= 0.6 is 0 Å². The SMILES string of the molecule is CCOC(=O)N1C[C@H](C(=O)O)[C@@H](c2ccc(OCCc3nc(-c4ccccc4)oc3C)cc2)C1.Cc1oc(-c2ccccc2)nc1CCOc1ccc([C@H]2CCC[C@@H]2C(=O)OC(C)(C)C)cc1. The lowest BCUT2D eigenvalue weighted by atomic mass is 9.89. The maximum absolute atomic E-state index is 12.6. The fourth-order valence-electron chi connectivity index (χ4n) is 8.66. The average Bonchev–Trinajstić information content (AvgIpc) is 4.14. The van der Waals surface area contributed by atoms with Gasteiger partial charge in [-0.3, -0.25) is 9.59 Å². The molecule has 8 rings (SSSR count). The van der Waals surface area contributed by atoms with Crippen LogP contribution in [-0.4, -0.2) is 76.5 Å². The minimum absolute atomic E-state index is 0.0649. The van der Waals surface area contributed by atoms with Gasteiger partial charge in [0.1, 0.15) is 28.6 Å². The Balaban J connectivity index is 0.000000199. The zero-order valence-corrected chi connectivity index (χ0v) is 39.2. The van der Waals surface area contributed by atoms with Crippen LogP contribution < -0.4 is 9.47 Å². The van der Waals surface area contributed by atoms with Gasteiger partial charge in [0.25, 0.3) is 0 Å². The van der Waals surface area contributed by atoms with Gasteiger partial charge in [0.05, 0.1) is 43.0 Å². The number of carbonyl (C=O) groups excluding carboxylic acids is 2. The maximum Gasteiger partial charge on any atom is 0.409 e. The molecule has 4 atom stereocenters. The topological polar surface area (TPSA) is 164 Å². The van der Waals surface area contributed by atoms with Crippen LogP contribution in [0.3, 0.4) is 0 Å². The number of hydrogen-bond acceptors (Lipinski definition) is 11. The van der Waals surface area contributed by atoms with Crippen molar-refractivity contribution >= 4 is 18.0 Å². The van der Waals surface area contributed by atoms with Gasteiger partial charge in [0.2, 0.25) is 11.8 Å². The highest BCUT2D eigenvalue weighted by Gasteiger charge is 2.41. The largest absolute Gasteiger partial charge is 0.493 e. The number of likely N-dealkylation sites (tertiary alicyclic amines) is 1. The number of benzene rings is 4. The molecule has 352 valence electrons. The molecule has 1 N–H and O–H groups in total. The van der Waals surface area contributed by atoms with E-state index < -0.39 is 23.6 Å². The number of hydrogen-bond donors (Lipinski definition) is 1. The molecule has 2 fully saturated rings. The van der Waals surface area contributed by atoms with Gasteiger partial charge in [-0.25, -0.2) is 14.8 Å². The zero-order chi connectivity index (χ0) is 47.5. The lowest BCUT2D eigenvalue weighted by molar-refractivity contribution is -0.160. The smallest absolute Gasteiger partial charge is 0.409 e. The molecule has 1 aliphatic carbocycles. The number of oxazole rings is 2. The Morgan fingerprint density at radius 1 is 0.672 bits per heavy atom. The molecule has 1 saturated heterocycles. The van der Waals surface area contributed by atoms with Crippen molar-refractivity contribution in [2.75, 3.05) is 32.9 Å². The van der Waals surface area contributed by atoms with Gasteiger partial charge >= 0.3 is 18.0 Å². The second-order valence-electron chi connectivity index (χ2n) is 17.9. The quantitative estimate of drug-likeness (QED) is 0.0971. The van der Waals surface area contributed by atoms with Crippen molar-refractivity contribution in [3.05, 3.63) is 143 Å². The number of carbonyl (C=O) groups is 3. The van der Waals surface area contributed by atoms with Crippen molar-refractivity contribution in [3.63, 3.8) is 0 Å². The Morgan fingerprint density at radius 3 is 1.63 bits per heavy atom. The van der Waals surface area contributed by atoms with E-state index in [2.05, 4.69) is 22.1 Å². The van der Waals surface area contributed by atoms with Crippen LogP contribution in [0.15, 0.2) is 118 Å². The first-order chi connectivity index (χ1) is 32.3. The molecule has 1 aliphatic heterocycles. The van der Waals surface area contributed by atoms with Crippen LogP contribution in [-0.2, 0) is 31.9 Å². The monoisotopic (exact) mass is 911 g/mol. The van der Waals surface area contributed by atoms with Crippen LogP contribution in [0.1, 0.15) is 92.8 Å². The molecule has 0 bridgehead atoms. The number of aryl methyl sites for hydroxylation is 2. The first-order valence-corrected chi connectivity index (χ1v) is 23.1. The molecular formula is C54H61N3O10. The Kier molecular flexibility index (Phi) is 15.8. The summed E-state index contributed by atoms with van der Waals surface area (Å²) in [5.74, 6) is 2.49. The third-order valence-corrected chi connectivity index (χ3v) is 12.0. The molecule has 2 aliphatic rings. The second kappa shape index (κ2) is 22.1. The first-order valence-electron chi connectivity index (χ1n) is 23.1. The highest BCUT2D eigenvalue weighted by Crippen LogP contribution is 2.41. The van der Waals surface area contributed by atoms with E-state index in [1.165, 1.54) is 10.5 Å². The van der Waals surface area contributed by atoms with E-state index in [-0.39, 0.29) is 36.9 Å². The van der Waals surface area contributed by atoms with E-state index in [1.807, 2.05) is 132 Å².